The topological polar surface area (TPSA) is 21.3 Å². The number of rotatable bonds is 4. The van der Waals surface area contributed by atoms with Gasteiger partial charge in [-0.2, -0.15) is 0 Å². The molecule has 0 saturated carbocycles. The summed E-state index contributed by atoms with van der Waals surface area (Å²) in [6.45, 7) is 10.8. The predicted molar refractivity (Wildman–Crippen MR) is 60.5 cm³/mol. The lowest BCUT2D eigenvalue weighted by molar-refractivity contribution is -0.00997. The van der Waals surface area contributed by atoms with Crippen LogP contribution in [0, 0.1) is 5.92 Å². The van der Waals surface area contributed by atoms with Gasteiger partial charge in [0.05, 0.1) is 13.2 Å². The monoisotopic (exact) mass is 199 g/mol. The molecule has 1 atom stereocenters. The molecule has 0 unspecified atom stereocenters. The van der Waals surface area contributed by atoms with Crippen LogP contribution in [0.25, 0.3) is 0 Å². The normalized spacial score (nSPS) is 26.8. The summed E-state index contributed by atoms with van der Waals surface area (Å²) in [4.78, 5) is 0. The van der Waals surface area contributed by atoms with E-state index >= 15 is 0 Å². The average Bonchev–Trinajstić information content (AvgIpc) is 2.17. The molecule has 0 spiro atoms. The van der Waals surface area contributed by atoms with Crippen LogP contribution in [0.5, 0.6) is 0 Å². The van der Waals surface area contributed by atoms with Gasteiger partial charge in [-0.15, -0.1) is 0 Å². The lowest BCUT2D eigenvalue weighted by atomic mass is 9.89. The van der Waals surface area contributed by atoms with E-state index in [0.717, 1.165) is 32.0 Å². The Bertz CT molecular complexity index is 164. The molecule has 0 amide bonds. The highest BCUT2D eigenvalue weighted by Crippen LogP contribution is 2.22. The van der Waals surface area contributed by atoms with Gasteiger partial charge < -0.3 is 10.1 Å². The molecule has 2 nitrogen and oxygen atoms in total. The third kappa shape index (κ3) is 2.96. The Labute approximate surface area is 88.4 Å². The summed E-state index contributed by atoms with van der Waals surface area (Å²) < 4.78 is 5.72. The van der Waals surface area contributed by atoms with Gasteiger partial charge in [0.25, 0.3) is 0 Å². The molecule has 1 heterocycles. The van der Waals surface area contributed by atoms with Crippen LogP contribution in [0.1, 0.15) is 47.0 Å². The van der Waals surface area contributed by atoms with Crippen molar-refractivity contribution in [2.45, 2.75) is 58.5 Å². The molecule has 14 heavy (non-hydrogen) atoms. The summed E-state index contributed by atoms with van der Waals surface area (Å²) in [5, 5.41) is 3.77. The SMILES string of the molecule is CCC1(CC)COC[C@H](CC(C)C)N1. The molecule has 1 rings (SSSR count). The zero-order chi connectivity index (χ0) is 10.6. The van der Waals surface area contributed by atoms with Crippen molar-refractivity contribution in [1.82, 2.24) is 5.32 Å². The zero-order valence-electron chi connectivity index (χ0n) is 10.1. The Hall–Kier alpha value is -0.0800. The molecule has 0 radical (unpaired) electrons. The minimum Gasteiger partial charge on any atom is -0.378 e. The van der Waals surface area contributed by atoms with Gasteiger partial charge in [-0.3, -0.25) is 0 Å². The molecular formula is C12H25NO. The van der Waals surface area contributed by atoms with Crippen molar-refractivity contribution in [1.29, 1.82) is 0 Å². The number of nitrogens with one attached hydrogen (secondary N) is 1. The first-order valence-corrected chi connectivity index (χ1v) is 5.97. The minimum atomic E-state index is 0.248. The van der Waals surface area contributed by atoms with Crippen molar-refractivity contribution >= 4 is 0 Å². The Morgan fingerprint density at radius 2 is 2.00 bits per heavy atom. The Morgan fingerprint density at radius 3 is 2.50 bits per heavy atom. The van der Waals surface area contributed by atoms with Crippen LogP contribution < -0.4 is 5.32 Å². The maximum Gasteiger partial charge on any atom is 0.0648 e. The predicted octanol–water partition coefficient (Wildman–Crippen LogP) is 2.58. The molecule has 1 N–H and O–H groups in total. The summed E-state index contributed by atoms with van der Waals surface area (Å²) in [5.41, 5.74) is 0.248. The van der Waals surface area contributed by atoms with Crippen LogP contribution in [0.4, 0.5) is 0 Å². The van der Waals surface area contributed by atoms with Crippen molar-refractivity contribution in [3.63, 3.8) is 0 Å². The highest BCUT2D eigenvalue weighted by molar-refractivity contribution is 4.92. The first-order valence-electron chi connectivity index (χ1n) is 5.97. The molecule has 0 aromatic heterocycles. The summed E-state index contributed by atoms with van der Waals surface area (Å²) in [6, 6.07) is 0.559. The Morgan fingerprint density at radius 1 is 1.36 bits per heavy atom. The zero-order valence-corrected chi connectivity index (χ0v) is 10.1. The maximum atomic E-state index is 5.72. The van der Waals surface area contributed by atoms with Crippen molar-refractivity contribution < 1.29 is 4.74 Å². The molecule has 1 fully saturated rings. The van der Waals surface area contributed by atoms with Gasteiger partial charge in [0.1, 0.15) is 0 Å². The third-order valence-corrected chi connectivity index (χ3v) is 3.32. The quantitative estimate of drug-likeness (QED) is 0.751. The second-order valence-electron chi connectivity index (χ2n) is 4.97. The Kier molecular flexibility index (Phi) is 4.39. The van der Waals surface area contributed by atoms with Gasteiger partial charge in [0, 0.05) is 11.6 Å². The standard InChI is InChI=1S/C12H25NO/c1-5-12(6-2)9-14-8-11(13-12)7-10(3)4/h10-11,13H,5-9H2,1-4H3/t11-/m0/s1. The van der Waals surface area contributed by atoms with E-state index in [2.05, 4.69) is 33.0 Å². The van der Waals surface area contributed by atoms with Gasteiger partial charge in [0.15, 0.2) is 0 Å². The molecule has 1 aliphatic heterocycles. The van der Waals surface area contributed by atoms with Crippen LogP contribution in [-0.4, -0.2) is 24.8 Å². The summed E-state index contributed by atoms with van der Waals surface area (Å²) in [6.07, 6.45) is 3.55. The second kappa shape index (κ2) is 5.13. The summed E-state index contributed by atoms with van der Waals surface area (Å²) in [5.74, 6) is 0.751. The smallest absolute Gasteiger partial charge is 0.0648 e. The molecule has 0 aliphatic carbocycles. The van der Waals surface area contributed by atoms with Crippen molar-refractivity contribution in [2.24, 2.45) is 5.92 Å². The van der Waals surface area contributed by atoms with E-state index in [1.54, 1.807) is 0 Å². The molecule has 1 aliphatic rings. The highest BCUT2D eigenvalue weighted by Gasteiger charge is 2.33. The number of hydrogen-bond acceptors (Lipinski definition) is 2. The van der Waals surface area contributed by atoms with Crippen molar-refractivity contribution in [3.8, 4) is 0 Å². The lowest BCUT2D eigenvalue weighted by Gasteiger charge is -2.41. The largest absolute Gasteiger partial charge is 0.378 e. The fourth-order valence-corrected chi connectivity index (χ4v) is 2.27. The maximum absolute atomic E-state index is 5.72. The fraction of sp³-hybridized carbons (Fsp3) is 1.00. The number of morpholine rings is 1. The minimum absolute atomic E-state index is 0.248. The fourth-order valence-electron chi connectivity index (χ4n) is 2.27. The lowest BCUT2D eigenvalue weighted by Crippen LogP contribution is -2.58. The first-order chi connectivity index (χ1) is 6.62. The Balaban J connectivity index is 2.49. The van der Waals surface area contributed by atoms with Crippen LogP contribution >= 0.6 is 0 Å². The number of hydrogen-bond donors (Lipinski definition) is 1. The molecule has 1 saturated heterocycles. The van der Waals surface area contributed by atoms with E-state index < -0.39 is 0 Å². The van der Waals surface area contributed by atoms with E-state index in [9.17, 15) is 0 Å². The van der Waals surface area contributed by atoms with Crippen LogP contribution in [0.3, 0.4) is 0 Å². The van der Waals surface area contributed by atoms with Gasteiger partial charge >= 0.3 is 0 Å². The van der Waals surface area contributed by atoms with E-state index in [-0.39, 0.29) is 5.54 Å². The summed E-state index contributed by atoms with van der Waals surface area (Å²) >= 11 is 0. The number of ether oxygens (including phenoxy) is 1. The van der Waals surface area contributed by atoms with E-state index in [1.807, 2.05) is 0 Å². The van der Waals surface area contributed by atoms with Gasteiger partial charge in [-0.25, -0.2) is 0 Å². The average molecular weight is 199 g/mol. The molecule has 2 heteroatoms. The molecule has 0 aromatic rings. The first kappa shape index (κ1) is 12.0. The van der Waals surface area contributed by atoms with E-state index in [1.165, 1.54) is 6.42 Å². The summed E-state index contributed by atoms with van der Waals surface area (Å²) in [7, 11) is 0. The second-order valence-corrected chi connectivity index (χ2v) is 4.97. The molecule has 84 valence electrons. The molecular weight excluding hydrogens is 174 g/mol. The van der Waals surface area contributed by atoms with Crippen LogP contribution in [0.2, 0.25) is 0 Å². The van der Waals surface area contributed by atoms with Gasteiger partial charge in [0.2, 0.25) is 0 Å². The molecule has 0 aromatic carbocycles. The van der Waals surface area contributed by atoms with Crippen molar-refractivity contribution in [2.75, 3.05) is 13.2 Å². The highest BCUT2D eigenvalue weighted by atomic mass is 16.5. The van der Waals surface area contributed by atoms with Gasteiger partial charge in [-0.05, 0) is 25.2 Å². The van der Waals surface area contributed by atoms with Crippen LogP contribution in [0.15, 0.2) is 0 Å². The van der Waals surface area contributed by atoms with Crippen molar-refractivity contribution in [3.05, 3.63) is 0 Å². The third-order valence-electron chi connectivity index (χ3n) is 3.32. The van der Waals surface area contributed by atoms with E-state index in [0.29, 0.717) is 6.04 Å². The molecule has 0 bridgehead atoms. The van der Waals surface area contributed by atoms with Crippen LogP contribution in [-0.2, 0) is 4.74 Å². The van der Waals surface area contributed by atoms with E-state index in [4.69, 9.17) is 4.74 Å². The van der Waals surface area contributed by atoms with Gasteiger partial charge in [-0.1, -0.05) is 27.7 Å².